The zero-order valence-electron chi connectivity index (χ0n) is 9.25. The van der Waals surface area contributed by atoms with Crippen LogP contribution >= 0.6 is 11.6 Å². The molecule has 1 saturated heterocycles. The fourth-order valence-corrected chi connectivity index (χ4v) is 2.11. The molecular weight excluding hydrogens is 229 g/mol. The summed E-state index contributed by atoms with van der Waals surface area (Å²) in [4.78, 5) is 2.06. The van der Waals surface area contributed by atoms with Crippen molar-refractivity contribution in [1.82, 2.24) is 0 Å². The molecule has 1 aromatic rings. The van der Waals surface area contributed by atoms with Crippen LogP contribution in [0.1, 0.15) is 12.0 Å². The summed E-state index contributed by atoms with van der Waals surface area (Å²) >= 11 is 5.73. The van der Waals surface area contributed by atoms with Gasteiger partial charge < -0.3 is 9.64 Å². The van der Waals surface area contributed by atoms with E-state index >= 15 is 0 Å². The maximum absolute atomic E-state index is 13.3. The molecule has 0 aliphatic carbocycles. The van der Waals surface area contributed by atoms with Crippen LogP contribution in [0.25, 0.3) is 0 Å². The second kappa shape index (κ2) is 5.02. The van der Waals surface area contributed by atoms with Gasteiger partial charge in [0.05, 0.1) is 12.6 Å². The Bertz CT molecular complexity index is 366. The Morgan fingerprint density at radius 1 is 1.50 bits per heavy atom. The monoisotopic (exact) mass is 243 g/mol. The third-order valence-corrected chi connectivity index (χ3v) is 3.27. The van der Waals surface area contributed by atoms with Crippen LogP contribution in [0.5, 0.6) is 0 Å². The Labute approximate surface area is 100.0 Å². The Kier molecular flexibility index (Phi) is 3.66. The summed E-state index contributed by atoms with van der Waals surface area (Å²) in [5.74, 6) is 0.0960. The molecule has 0 bridgehead atoms. The van der Waals surface area contributed by atoms with Crippen molar-refractivity contribution >= 4 is 17.3 Å². The molecule has 1 heterocycles. The predicted molar refractivity (Wildman–Crippen MR) is 63.6 cm³/mol. The van der Waals surface area contributed by atoms with Gasteiger partial charge in [0.1, 0.15) is 5.82 Å². The maximum atomic E-state index is 13.3. The molecule has 1 unspecified atom stereocenters. The number of ether oxygens (including phenoxy) is 1. The molecule has 1 aliphatic rings. The molecule has 0 aromatic heterocycles. The third-order valence-electron chi connectivity index (χ3n) is 2.96. The molecule has 0 amide bonds. The van der Waals surface area contributed by atoms with Gasteiger partial charge in [0.25, 0.3) is 0 Å². The highest BCUT2D eigenvalue weighted by Gasteiger charge is 2.21. The number of hydrogen-bond acceptors (Lipinski definition) is 2. The van der Waals surface area contributed by atoms with Gasteiger partial charge in [-0.15, -0.1) is 11.6 Å². The van der Waals surface area contributed by atoms with Gasteiger partial charge in [-0.05, 0) is 30.2 Å². The minimum Gasteiger partial charge on any atom is -0.379 e. The highest BCUT2D eigenvalue weighted by Crippen LogP contribution is 2.23. The Hall–Kier alpha value is -0.800. The number of anilines is 1. The van der Waals surface area contributed by atoms with Crippen molar-refractivity contribution in [2.75, 3.05) is 25.2 Å². The second-order valence-electron chi connectivity index (χ2n) is 4.08. The van der Waals surface area contributed by atoms with Crippen LogP contribution in [0.15, 0.2) is 18.2 Å². The highest BCUT2D eigenvalue weighted by atomic mass is 35.5. The lowest BCUT2D eigenvalue weighted by Gasteiger charge is -2.25. The zero-order valence-corrected chi connectivity index (χ0v) is 10.0. The lowest BCUT2D eigenvalue weighted by atomic mass is 10.1. The summed E-state index contributed by atoms with van der Waals surface area (Å²) in [6.07, 6.45) is 0.989. The predicted octanol–water partition coefficient (Wildman–Crippen LogP) is 2.79. The molecule has 1 atom stereocenters. The zero-order chi connectivity index (χ0) is 11.5. The molecule has 2 nitrogen and oxygen atoms in total. The van der Waals surface area contributed by atoms with Crippen LogP contribution < -0.4 is 4.90 Å². The van der Waals surface area contributed by atoms with E-state index in [1.165, 1.54) is 12.1 Å². The molecule has 16 heavy (non-hydrogen) atoms. The number of rotatable bonds is 3. The molecule has 0 radical (unpaired) electrons. The van der Waals surface area contributed by atoms with Crippen molar-refractivity contribution in [3.63, 3.8) is 0 Å². The van der Waals surface area contributed by atoms with E-state index in [9.17, 15) is 4.39 Å². The molecular formula is C12H15ClFNO. The quantitative estimate of drug-likeness (QED) is 0.757. The average molecular weight is 244 g/mol. The van der Waals surface area contributed by atoms with E-state index in [1.54, 1.807) is 0 Å². The van der Waals surface area contributed by atoms with Gasteiger partial charge >= 0.3 is 0 Å². The molecule has 2 rings (SSSR count). The van der Waals surface area contributed by atoms with Crippen LogP contribution in [0.2, 0.25) is 0 Å². The van der Waals surface area contributed by atoms with Crippen molar-refractivity contribution in [1.29, 1.82) is 0 Å². The van der Waals surface area contributed by atoms with Crippen molar-refractivity contribution < 1.29 is 9.13 Å². The third kappa shape index (κ3) is 2.47. The van der Waals surface area contributed by atoms with E-state index in [-0.39, 0.29) is 5.82 Å². The molecule has 1 aliphatic heterocycles. The van der Waals surface area contributed by atoms with Crippen molar-refractivity contribution in [2.24, 2.45) is 0 Å². The molecule has 0 N–H and O–H groups in total. The van der Waals surface area contributed by atoms with Crippen LogP contribution in [0, 0.1) is 5.82 Å². The first-order chi connectivity index (χ1) is 7.70. The summed E-state index contributed by atoms with van der Waals surface area (Å²) in [5, 5.41) is 0. The lowest BCUT2D eigenvalue weighted by molar-refractivity contribution is 0.193. The van der Waals surface area contributed by atoms with Gasteiger partial charge in [0.15, 0.2) is 0 Å². The topological polar surface area (TPSA) is 12.5 Å². The number of hydrogen-bond donors (Lipinski definition) is 0. The minimum absolute atomic E-state index is 0.237. The van der Waals surface area contributed by atoms with Crippen molar-refractivity contribution in [2.45, 2.75) is 18.3 Å². The van der Waals surface area contributed by atoms with E-state index in [1.807, 2.05) is 13.1 Å². The first-order valence-corrected chi connectivity index (χ1v) is 5.90. The minimum atomic E-state index is -0.237. The first-order valence-electron chi connectivity index (χ1n) is 5.36. The van der Waals surface area contributed by atoms with Gasteiger partial charge in [-0.2, -0.15) is 0 Å². The Morgan fingerprint density at radius 2 is 2.31 bits per heavy atom. The summed E-state index contributed by atoms with van der Waals surface area (Å²) in [7, 11) is 1.96. The number of halogens is 2. The highest BCUT2D eigenvalue weighted by molar-refractivity contribution is 6.17. The Morgan fingerprint density at radius 3 is 2.94 bits per heavy atom. The molecule has 4 heteroatoms. The van der Waals surface area contributed by atoms with Gasteiger partial charge in [0.2, 0.25) is 0 Å². The van der Waals surface area contributed by atoms with E-state index in [0.29, 0.717) is 18.5 Å². The van der Waals surface area contributed by atoms with Crippen LogP contribution in [0.3, 0.4) is 0 Å². The van der Waals surface area contributed by atoms with Crippen molar-refractivity contribution in [3.8, 4) is 0 Å². The number of nitrogens with zero attached hydrogens (tertiary/aromatic N) is 1. The second-order valence-corrected chi connectivity index (χ2v) is 4.35. The average Bonchev–Trinajstić information content (AvgIpc) is 2.80. The molecule has 0 spiro atoms. The summed E-state index contributed by atoms with van der Waals surface area (Å²) in [6.45, 7) is 1.50. The van der Waals surface area contributed by atoms with E-state index < -0.39 is 0 Å². The largest absolute Gasteiger partial charge is 0.379 e. The number of likely N-dealkylation sites (N-methyl/N-ethyl adjacent to an activating group) is 1. The molecule has 88 valence electrons. The van der Waals surface area contributed by atoms with E-state index in [4.69, 9.17) is 16.3 Å². The molecule has 1 fully saturated rings. The molecule has 1 aromatic carbocycles. The SMILES string of the molecule is CN(c1cc(F)cc(CCl)c1)C1CCOC1. The van der Waals surface area contributed by atoms with Crippen LogP contribution in [-0.4, -0.2) is 26.3 Å². The van der Waals surface area contributed by atoms with Gasteiger partial charge in [-0.1, -0.05) is 0 Å². The van der Waals surface area contributed by atoms with E-state index in [0.717, 1.165) is 24.3 Å². The van der Waals surface area contributed by atoms with Crippen LogP contribution in [0.4, 0.5) is 10.1 Å². The Balaban J connectivity index is 2.21. The maximum Gasteiger partial charge on any atom is 0.125 e. The molecule has 0 saturated carbocycles. The smallest absolute Gasteiger partial charge is 0.125 e. The summed E-state index contributed by atoms with van der Waals surface area (Å²) in [5.41, 5.74) is 1.67. The van der Waals surface area contributed by atoms with Gasteiger partial charge in [0, 0.05) is 25.2 Å². The number of alkyl halides is 1. The summed E-state index contributed by atoms with van der Waals surface area (Å²) < 4.78 is 18.7. The van der Waals surface area contributed by atoms with Crippen molar-refractivity contribution in [3.05, 3.63) is 29.6 Å². The van der Waals surface area contributed by atoms with Gasteiger partial charge in [-0.3, -0.25) is 0 Å². The first kappa shape index (κ1) is 11.7. The summed E-state index contributed by atoms with van der Waals surface area (Å²) in [6, 6.07) is 5.27. The normalized spacial score (nSPS) is 20.1. The fourth-order valence-electron chi connectivity index (χ4n) is 1.95. The number of benzene rings is 1. The van der Waals surface area contributed by atoms with Gasteiger partial charge in [-0.25, -0.2) is 4.39 Å². The lowest BCUT2D eigenvalue weighted by Crippen LogP contribution is -2.31. The van der Waals surface area contributed by atoms with Crippen LogP contribution in [-0.2, 0) is 10.6 Å². The fraction of sp³-hybridized carbons (Fsp3) is 0.500. The standard InChI is InChI=1S/C12H15ClFNO/c1-15(11-2-3-16-8-11)12-5-9(7-13)4-10(14)6-12/h4-6,11H,2-3,7-8H2,1H3. The van der Waals surface area contributed by atoms with E-state index in [2.05, 4.69) is 4.90 Å².